The van der Waals surface area contributed by atoms with Gasteiger partial charge in [-0.05, 0) is 31.4 Å². The molecule has 0 aliphatic heterocycles. The zero-order valence-corrected chi connectivity index (χ0v) is 10.4. The van der Waals surface area contributed by atoms with E-state index in [2.05, 4.69) is 0 Å². The molecule has 0 bridgehead atoms. The monoisotopic (exact) mass is 254 g/mol. The van der Waals surface area contributed by atoms with Crippen LogP contribution in [0.25, 0.3) is 0 Å². The standard InChI is InChI=1S/C12H18N2O2S/c13-10(12(15)16)7-4-8-11(14)17-9-5-2-1-3-6-9/h1-3,5-6,10-11H,4,7-8,13-14H2,(H,15,16)/t10-,11?/m0/s1. The first-order chi connectivity index (χ1) is 8.09. The predicted molar refractivity (Wildman–Crippen MR) is 69.7 cm³/mol. The van der Waals surface area contributed by atoms with Crippen LogP contribution < -0.4 is 11.5 Å². The number of carboxylic acids is 1. The van der Waals surface area contributed by atoms with Crippen molar-refractivity contribution >= 4 is 17.7 Å². The summed E-state index contributed by atoms with van der Waals surface area (Å²) in [5.74, 6) is -0.950. The van der Waals surface area contributed by atoms with Crippen molar-refractivity contribution in [3.8, 4) is 0 Å². The van der Waals surface area contributed by atoms with Crippen LogP contribution in [0.5, 0.6) is 0 Å². The third-order valence-electron chi connectivity index (χ3n) is 2.35. The molecule has 4 nitrogen and oxygen atoms in total. The van der Waals surface area contributed by atoms with E-state index < -0.39 is 12.0 Å². The average Bonchev–Trinajstić information content (AvgIpc) is 2.30. The lowest BCUT2D eigenvalue weighted by atomic mass is 10.1. The summed E-state index contributed by atoms with van der Waals surface area (Å²) in [4.78, 5) is 11.6. The Bertz CT molecular complexity index is 346. The number of thioether (sulfide) groups is 1. The highest BCUT2D eigenvalue weighted by atomic mass is 32.2. The zero-order chi connectivity index (χ0) is 12.7. The third-order valence-corrected chi connectivity index (χ3v) is 3.43. The van der Waals surface area contributed by atoms with Gasteiger partial charge in [0.05, 0.1) is 5.37 Å². The number of carbonyl (C=O) groups is 1. The van der Waals surface area contributed by atoms with Crippen LogP contribution in [-0.2, 0) is 4.79 Å². The molecule has 17 heavy (non-hydrogen) atoms. The molecule has 0 fully saturated rings. The maximum absolute atomic E-state index is 10.5. The highest BCUT2D eigenvalue weighted by Gasteiger charge is 2.12. The van der Waals surface area contributed by atoms with Gasteiger partial charge < -0.3 is 16.6 Å². The summed E-state index contributed by atoms with van der Waals surface area (Å²) in [6.45, 7) is 0. The first kappa shape index (κ1) is 14.0. The second-order valence-corrected chi connectivity index (χ2v) is 5.16. The van der Waals surface area contributed by atoms with Gasteiger partial charge in [0.2, 0.25) is 0 Å². The molecule has 1 unspecified atom stereocenters. The van der Waals surface area contributed by atoms with Gasteiger partial charge in [-0.25, -0.2) is 0 Å². The van der Waals surface area contributed by atoms with Crippen LogP contribution in [0, 0.1) is 0 Å². The molecule has 0 amide bonds. The summed E-state index contributed by atoms with van der Waals surface area (Å²) in [6, 6.07) is 9.14. The molecule has 1 aromatic rings. The van der Waals surface area contributed by atoms with Gasteiger partial charge in [-0.2, -0.15) is 0 Å². The molecule has 2 atom stereocenters. The van der Waals surface area contributed by atoms with Crippen molar-refractivity contribution < 1.29 is 9.90 Å². The van der Waals surface area contributed by atoms with Crippen molar-refractivity contribution in [1.29, 1.82) is 0 Å². The van der Waals surface area contributed by atoms with E-state index in [-0.39, 0.29) is 5.37 Å². The van der Waals surface area contributed by atoms with Gasteiger partial charge in [0.25, 0.3) is 0 Å². The van der Waals surface area contributed by atoms with Gasteiger partial charge in [-0.1, -0.05) is 18.2 Å². The number of hydrogen-bond acceptors (Lipinski definition) is 4. The first-order valence-electron chi connectivity index (χ1n) is 5.55. The van der Waals surface area contributed by atoms with Crippen molar-refractivity contribution in [2.45, 2.75) is 35.6 Å². The van der Waals surface area contributed by atoms with Crippen LogP contribution >= 0.6 is 11.8 Å². The van der Waals surface area contributed by atoms with E-state index in [9.17, 15) is 4.79 Å². The summed E-state index contributed by atoms with van der Waals surface area (Å²) in [6.07, 6.45) is 1.97. The Balaban J connectivity index is 2.22. The lowest BCUT2D eigenvalue weighted by Crippen LogP contribution is -2.30. The summed E-state index contributed by atoms with van der Waals surface area (Å²) < 4.78 is 0. The van der Waals surface area contributed by atoms with E-state index in [1.54, 1.807) is 11.8 Å². The van der Waals surface area contributed by atoms with Crippen LogP contribution in [0.2, 0.25) is 0 Å². The molecular formula is C12H18N2O2S. The summed E-state index contributed by atoms with van der Waals surface area (Å²) in [7, 11) is 0. The summed E-state index contributed by atoms with van der Waals surface area (Å²) in [5, 5.41) is 8.61. The summed E-state index contributed by atoms with van der Waals surface area (Å²) in [5.41, 5.74) is 11.4. The number of carboxylic acid groups (broad SMARTS) is 1. The molecule has 5 N–H and O–H groups in total. The van der Waals surface area contributed by atoms with Crippen molar-refractivity contribution in [3.05, 3.63) is 30.3 Å². The van der Waals surface area contributed by atoms with Crippen molar-refractivity contribution in [2.75, 3.05) is 0 Å². The van der Waals surface area contributed by atoms with E-state index in [1.807, 2.05) is 30.3 Å². The second kappa shape index (κ2) is 7.32. The van der Waals surface area contributed by atoms with Crippen molar-refractivity contribution in [3.63, 3.8) is 0 Å². The van der Waals surface area contributed by atoms with Gasteiger partial charge in [0.1, 0.15) is 6.04 Å². The molecule has 94 valence electrons. The highest BCUT2D eigenvalue weighted by molar-refractivity contribution is 7.99. The maximum atomic E-state index is 10.5. The average molecular weight is 254 g/mol. The van der Waals surface area contributed by atoms with Crippen LogP contribution in [-0.4, -0.2) is 22.5 Å². The molecule has 0 aliphatic carbocycles. The predicted octanol–water partition coefficient (Wildman–Crippen LogP) is 1.65. The molecule has 0 heterocycles. The Morgan fingerprint density at radius 3 is 2.47 bits per heavy atom. The smallest absolute Gasteiger partial charge is 0.320 e. The molecule has 0 aliphatic rings. The Hall–Kier alpha value is -1.04. The Morgan fingerprint density at radius 2 is 1.88 bits per heavy atom. The zero-order valence-electron chi connectivity index (χ0n) is 9.58. The van der Waals surface area contributed by atoms with Crippen molar-refractivity contribution in [1.82, 2.24) is 0 Å². The Labute approximate surface area is 105 Å². The van der Waals surface area contributed by atoms with Gasteiger partial charge in [0, 0.05) is 4.90 Å². The molecule has 1 rings (SSSR count). The topological polar surface area (TPSA) is 89.3 Å². The van der Waals surface area contributed by atoms with Crippen LogP contribution in [0.4, 0.5) is 0 Å². The molecule has 0 saturated heterocycles. The number of benzene rings is 1. The highest BCUT2D eigenvalue weighted by Crippen LogP contribution is 2.23. The number of rotatable bonds is 7. The SMILES string of the molecule is NC(CCC[C@H](N)C(=O)O)Sc1ccccc1. The van der Waals surface area contributed by atoms with Gasteiger partial charge in [0.15, 0.2) is 0 Å². The van der Waals surface area contributed by atoms with Gasteiger partial charge in [-0.15, -0.1) is 11.8 Å². The fourth-order valence-electron chi connectivity index (χ4n) is 1.40. The Morgan fingerprint density at radius 1 is 1.24 bits per heavy atom. The van der Waals surface area contributed by atoms with Crippen molar-refractivity contribution in [2.24, 2.45) is 11.5 Å². The van der Waals surface area contributed by atoms with Crippen LogP contribution in [0.1, 0.15) is 19.3 Å². The van der Waals surface area contributed by atoms with Gasteiger partial charge in [-0.3, -0.25) is 4.79 Å². The number of nitrogens with two attached hydrogens (primary N) is 2. The van der Waals surface area contributed by atoms with E-state index in [1.165, 1.54) is 0 Å². The normalized spacial score (nSPS) is 14.2. The molecule has 0 radical (unpaired) electrons. The summed E-state index contributed by atoms with van der Waals surface area (Å²) >= 11 is 1.59. The lowest BCUT2D eigenvalue weighted by molar-refractivity contribution is -0.138. The fraction of sp³-hybridized carbons (Fsp3) is 0.417. The van der Waals surface area contributed by atoms with E-state index >= 15 is 0 Å². The van der Waals surface area contributed by atoms with E-state index in [4.69, 9.17) is 16.6 Å². The van der Waals surface area contributed by atoms with Crippen LogP contribution in [0.3, 0.4) is 0 Å². The molecule has 5 heteroatoms. The second-order valence-electron chi connectivity index (χ2n) is 3.84. The maximum Gasteiger partial charge on any atom is 0.320 e. The number of hydrogen-bond donors (Lipinski definition) is 3. The molecule has 0 aromatic heterocycles. The lowest BCUT2D eigenvalue weighted by Gasteiger charge is -2.12. The molecule has 0 spiro atoms. The van der Waals surface area contributed by atoms with E-state index in [0.717, 1.165) is 17.7 Å². The van der Waals surface area contributed by atoms with Gasteiger partial charge >= 0.3 is 5.97 Å². The number of aliphatic carboxylic acids is 1. The molecular weight excluding hydrogens is 236 g/mol. The minimum Gasteiger partial charge on any atom is -0.480 e. The molecule has 1 aromatic carbocycles. The minimum absolute atomic E-state index is 0.0154. The first-order valence-corrected chi connectivity index (χ1v) is 6.43. The largest absolute Gasteiger partial charge is 0.480 e. The minimum atomic E-state index is -0.950. The van der Waals surface area contributed by atoms with E-state index in [0.29, 0.717) is 6.42 Å². The Kier molecular flexibility index (Phi) is 6.04. The fourth-order valence-corrected chi connectivity index (χ4v) is 2.34. The molecule has 0 saturated carbocycles. The third kappa shape index (κ3) is 5.72. The van der Waals surface area contributed by atoms with Crippen LogP contribution in [0.15, 0.2) is 35.2 Å². The quantitative estimate of drug-likeness (QED) is 0.508.